The van der Waals surface area contributed by atoms with E-state index in [0.29, 0.717) is 34.1 Å². The molecular formula is C28H23N3O6S. The Bertz CT molecular complexity index is 1590. The second kappa shape index (κ2) is 10.1. The molecule has 1 fully saturated rings. The standard InChI is InChI=1S/C28H23N3O6S/c1-3-16-5-14-21-22(15-16)38-28(29-21)30-24(17-6-10-19(11-7-17)31(35)36)23(26(33)27(30)34)25(32)18-8-12-20(13-9-18)37-4-2/h5-15,24,32H,3-4H2,1-2H3. The molecule has 3 aromatic carbocycles. The number of carbonyl (C=O) groups is 2. The minimum Gasteiger partial charge on any atom is -0.507 e. The average molecular weight is 530 g/mol. The van der Waals surface area contributed by atoms with Crippen molar-refractivity contribution in [3.05, 3.63) is 99.1 Å². The zero-order valence-electron chi connectivity index (χ0n) is 20.6. The van der Waals surface area contributed by atoms with Crippen LogP contribution in [-0.2, 0) is 16.0 Å². The first-order valence-electron chi connectivity index (χ1n) is 12.0. The second-order valence-electron chi connectivity index (χ2n) is 8.63. The number of carbonyl (C=O) groups excluding carboxylic acids is 2. The maximum absolute atomic E-state index is 13.4. The fraction of sp³-hybridized carbons (Fsp3) is 0.179. The smallest absolute Gasteiger partial charge is 0.301 e. The molecule has 1 saturated heterocycles. The van der Waals surface area contributed by atoms with Gasteiger partial charge in [0.15, 0.2) is 5.13 Å². The Labute approximate surface area is 221 Å². The molecule has 1 aliphatic rings. The Hall–Kier alpha value is -4.57. The van der Waals surface area contributed by atoms with Crippen LogP contribution < -0.4 is 9.64 Å². The predicted molar refractivity (Wildman–Crippen MR) is 144 cm³/mol. The normalized spacial score (nSPS) is 16.8. The molecule has 192 valence electrons. The number of amides is 1. The van der Waals surface area contributed by atoms with E-state index in [2.05, 4.69) is 4.98 Å². The number of ketones is 1. The number of nitro groups is 1. The van der Waals surface area contributed by atoms with Crippen LogP contribution in [0.3, 0.4) is 0 Å². The minimum absolute atomic E-state index is 0.124. The van der Waals surface area contributed by atoms with E-state index in [1.807, 2.05) is 32.0 Å². The van der Waals surface area contributed by atoms with Crippen LogP contribution in [0.15, 0.2) is 72.3 Å². The Morgan fingerprint density at radius 2 is 1.79 bits per heavy atom. The van der Waals surface area contributed by atoms with Crippen molar-refractivity contribution in [1.29, 1.82) is 0 Å². The molecule has 1 amide bonds. The highest BCUT2D eigenvalue weighted by Crippen LogP contribution is 2.44. The molecule has 0 radical (unpaired) electrons. The maximum Gasteiger partial charge on any atom is 0.301 e. The summed E-state index contributed by atoms with van der Waals surface area (Å²) in [4.78, 5) is 43.4. The summed E-state index contributed by atoms with van der Waals surface area (Å²) in [6.45, 7) is 4.36. The lowest BCUT2D eigenvalue weighted by atomic mass is 9.95. The number of thiazole rings is 1. The number of benzene rings is 3. The molecule has 4 aromatic rings. The van der Waals surface area contributed by atoms with E-state index < -0.39 is 22.7 Å². The summed E-state index contributed by atoms with van der Waals surface area (Å²) in [6, 6.07) is 16.9. The van der Waals surface area contributed by atoms with Crippen molar-refractivity contribution in [2.45, 2.75) is 26.3 Å². The van der Waals surface area contributed by atoms with Gasteiger partial charge < -0.3 is 9.84 Å². The quantitative estimate of drug-likeness (QED) is 0.106. The Morgan fingerprint density at radius 1 is 1.08 bits per heavy atom. The zero-order chi connectivity index (χ0) is 27.0. The topological polar surface area (TPSA) is 123 Å². The maximum atomic E-state index is 13.4. The third kappa shape index (κ3) is 4.39. The summed E-state index contributed by atoms with van der Waals surface area (Å²) in [5, 5.41) is 22.8. The van der Waals surface area contributed by atoms with Gasteiger partial charge in [0.1, 0.15) is 11.5 Å². The number of aromatic nitrogens is 1. The Morgan fingerprint density at radius 3 is 2.42 bits per heavy atom. The molecular weight excluding hydrogens is 506 g/mol. The number of nitrogens with zero attached hydrogens (tertiary/aromatic N) is 3. The van der Waals surface area contributed by atoms with Crippen molar-refractivity contribution in [1.82, 2.24) is 4.98 Å². The van der Waals surface area contributed by atoms with Crippen molar-refractivity contribution in [2.75, 3.05) is 11.5 Å². The van der Waals surface area contributed by atoms with Crippen molar-refractivity contribution in [3.8, 4) is 5.75 Å². The number of ether oxygens (including phenoxy) is 1. The van der Waals surface area contributed by atoms with Crippen molar-refractivity contribution in [2.24, 2.45) is 0 Å². The van der Waals surface area contributed by atoms with E-state index in [0.717, 1.165) is 16.7 Å². The van der Waals surface area contributed by atoms with E-state index in [1.54, 1.807) is 24.3 Å². The van der Waals surface area contributed by atoms with Crippen LogP contribution in [0, 0.1) is 10.1 Å². The largest absolute Gasteiger partial charge is 0.507 e. The van der Waals surface area contributed by atoms with E-state index in [4.69, 9.17) is 4.74 Å². The van der Waals surface area contributed by atoms with Gasteiger partial charge in [0.05, 0.1) is 33.4 Å². The van der Waals surface area contributed by atoms with Gasteiger partial charge in [-0.1, -0.05) is 24.3 Å². The fourth-order valence-corrected chi connectivity index (χ4v) is 5.49. The number of fused-ring (bicyclic) bond motifs is 1. The molecule has 1 N–H and O–H groups in total. The Kier molecular flexibility index (Phi) is 6.64. The van der Waals surface area contributed by atoms with Crippen LogP contribution in [0.2, 0.25) is 0 Å². The third-order valence-electron chi connectivity index (χ3n) is 6.36. The summed E-state index contributed by atoms with van der Waals surface area (Å²) < 4.78 is 6.31. The summed E-state index contributed by atoms with van der Waals surface area (Å²) in [7, 11) is 0. The lowest BCUT2D eigenvalue weighted by Crippen LogP contribution is -2.29. The molecule has 0 aliphatic carbocycles. The van der Waals surface area contributed by atoms with Crippen LogP contribution >= 0.6 is 11.3 Å². The number of nitro benzene ring substituents is 1. The molecule has 1 atom stereocenters. The molecule has 1 aromatic heterocycles. The number of aliphatic hydroxyl groups excluding tert-OH is 1. The van der Waals surface area contributed by atoms with Crippen molar-refractivity contribution < 1.29 is 24.4 Å². The average Bonchev–Trinajstić information content (AvgIpc) is 3.46. The molecule has 2 heterocycles. The van der Waals surface area contributed by atoms with Crippen molar-refractivity contribution in [3.63, 3.8) is 0 Å². The van der Waals surface area contributed by atoms with Gasteiger partial charge in [0.2, 0.25) is 0 Å². The van der Waals surface area contributed by atoms with E-state index >= 15 is 0 Å². The highest BCUT2D eigenvalue weighted by Gasteiger charge is 2.48. The van der Waals surface area contributed by atoms with Crippen LogP contribution in [0.25, 0.3) is 16.0 Å². The number of hydrogen-bond donors (Lipinski definition) is 1. The second-order valence-corrected chi connectivity index (χ2v) is 9.64. The third-order valence-corrected chi connectivity index (χ3v) is 7.38. The zero-order valence-corrected chi connectivity index (χ0v) is 21.4. The SMILES string of the molecule is CCOc1ccc(C(O)=C2C(=O)C(=O)N(c3nc4ccc(CC)cc4s3)C2c2ccc([N+](=O)[O-])cc2)cc1. The Balaban J connectivity index is 1.67. The van der Waals surface area contributed by atoms with Gasteiger partial charge in [-0.3, -0.25) is 24.6 Å². The highest BCUT2D eigenvalue weighted by molar-refractivity contribution is 7.22. The van der Waals surface area contributed by atoms with Gasteiger partial charge in [0, 0.05) is 17.7 Å². The van der Waals surface area contributed by atoms with E-state index in [-0.39, 0.29) is 17.0 Å². The first kappa shape index (κ1) is 25.1. The molecule has 1 aliphatic heterocycles. The van der Waals surface area contributed by atoms with E-state index in [9.17, 15) is 24.8 Å². The molecule has 9 nitrogen and oxygen atoms in total. The lowest BCUT2D eigenvalue weighted by molar-refractivity contribution is -0.384. The molecule has 0 bridgehead atoms. The van der Waals surface area contributed by atoms with Crippen molar-refractivity contribution >= 4 is 49.8 Å². The van der Waals surface area contributed by atoms with E-state index in [1.165, 1.54) is 40.5 Å². The molecule has 38 heavy (non-hydrogen) atoms. The van der Waals surface area contributed by atoms with Gasteiger partial charge in [-0.05, 0) is 73.0 Å². The highest BCUT2D eigenvalue weighted by atomic mass is 32.1. The number of rotatable bonds is 7. The first-order valence-corrected chi connectivity index (χ1v) is 12.8. The molecule has 1 unspecified atom stereocenters. The van der Waals surface area contributed by atoms with Crippen LogP contribution in [0.5, 0.6) is 5.75 Å². The summed E-state index contributed by atoms with van der Waals surface area (Å²) in [5.74, 6) is -1.46. The number of hydrogen-bond acceptors (Lipinski definition) is 8. The molecule has 0 saturated carbocycles. The fourth-order valence-electron chi connectivity index (χ4n) is 4.43. The van der Waals surface area contributed by atoms with Crippen LogP contribution in [0.1, 0.15) is 36.6 Å². The monoisotopic (exact) mass is 529 g/mol. The lowest BCUT2D eigenvalue weighted by Gasteiger charge is -2.22. The van der Waals surface area contributed by atoms with Gasteiger partial charge in [-0.2, -0.15) is 0 Å². The molecule has 5 rings (SSSR count). The molecule has 0 spiro atoms. The van der Waals surface area contributed by atoms with Crippen LogP contribution in [0.4, 0.5) is 10.8 Å². The van der Waals surface area contributed by atoms with Gasteiger partial charge >= 0.3 is 5.91 Å². The number of aryl methyl sites for hydroxylation is 1. The summed E-state index contributed by atoms with van der Waals surface area (Å²) in [6.07, 6.45) is 0.832. The number of Topliss-reactive ketones (excluding diaryl/α,β-unsaturated/α-hetero) is 1. The summed E-state index contributed by atoms with van der Waals surface area (Å²) >= 11 is 1.27. The number of aliphatic hydroxyl groups is 1. The number of anilines is 1. The van der Waals surface area contributed by atoms with Gasteiger partial charge in [0.25, 0.3) is 11.5 Å². The van der Waals surface area contributed by atoms with Gasteiger partial charge in [-0.25, -0.2) is 4.98 Å². The number of non-ortho nitro benzene ring substituents is 1. The minimum atomic E-state index is -1.03. The predicted octanol–water partition coefficient (Wildman–Crippen LogP) is 5.79. The van der Waals surface area contributed by atoms with Crippen LogP contribution in [-0.4, -0.2) is 33.3 Å². The molecule has 10 heteroatoms. The van der Waals surface area contributed by atoms with Gasteiger partial charge in [-0.15, -0.1) is 0 Å². The first-order chi connectivity index (χ1) is 18.3. The summed E-state index contributed by atoms with van der Waals surface area (Å²) in [5.41, 5.74) is 2.28.